The third kappa shape index (κ3) is 1.96. The molecule has 1 aromatic carbocycles. The average molecular weight is 282 g/mol. The Bertz CT molecular complexity index is 587. The molecule has 2 unspecified atom stereocenters. The minimum atomic E-state index is -0.575. The van der Waals surface area contributed by atoms with E-state index < -0.39 is 5.60 Å². The van der Waals surface area contributed by atoms with Crippen molar-refractivity contribution < 1.29 is 9.53 Å². The first-order valence-electron chi connectivity index (χ1n) is 8.30. The molecule has 2 aliphatic carbocycles. The van der Waals surface area contributed by atoms with Crippen molar-refractivity contribution in [2.75, 3.05) is 0 Å². The van der Waals surface area contributed by atoms with Crippen molar-refractivity contribution in [1.82, 2.24) is 0 Å². The molecule has 0 aromatic heterocycles. The zero-order valence-corrected chi connectivity index (χ0v) is 12.4. The number of hydrogen-bond acceptors (Lipinski definition) is 2. The van der Waals surface area contributed by atoms with Crippen LogP contribution in [-0.4, -0.2) is 11.4 Å². The van der Waals surface area contributed by atoms with Crippen molar-refractivity contribution in [3.8, 4) is 0 Å². The zero-order valence-electron chi connectivity index (χ0n) is 12.4. The van der Waals surface area contributed by atoms with E-state index in [0.29, 0.717) is 12.2 Å². The van der Waals surface area contributed by atoms with Crippen molar-refractivity contribution in [3.63, 3.8) is 0 Å². The molecule has 0 bridgehead atoms. The molecule has 4 rings (SSSR count). The van der Waals surface area contributed by atoms with Crippen molar-refractivity contribution >= 4 is 5.78 Å². The summed E-state index contributed by atoms with van der Waals surface area (Å²) in [4.78, 5) is 12.8. The van der Waals surface area contributed by atoms with Crippen LogP contribution in [0.5, 0.6) is 0 Å². The minimum absolute atomic E-state index is 0.168. The van der Waals surface area contributed by atoms with E-state index in [4.69, 9.17) is 4.74 Å². The summed E-state index contributed by atoms with van der Waals surface area (Å²) >= 11 is 0. The normalized spacial score (nSPS) is 32.2. The molecule has 0 radical (unpaired) electrons. The zero-order chi connectivity index (χ0) is 14.3. The number of rotatable bonds is 1. The van der Waals surface area contributed by atoms with Gasteiger partial charge in [0.2, 0.25) is 0 Å². The monoisotopic (exact) mass is 282 g/mol. The quantitative estimate of drug-likeness (QED) is 0.757. The second-order valence-corrected chi connectivity index (χ2v) is 6.62. The van der Waals surface area contributed by atoms with Crippen molar-refractivity contribution in [2.24, 2.45) is 0 Å². The molecule has 0 saturated heterocycles. The molecule has 0 amide bonds. The molecule has 1 heterocycles. The van der Waals surface area contributed by atoms with Crippen LogP contribution in [0.1, 0.15) is 62.8 Å². The predicted octanol–water partition coefficient (Wildman–Crippen LogP) is 4.51. The third-order valence-corrected chi connectivity index (χ3v) is 5.39. The molecule has 1 aliphatic heterocycles. The van der Waals surface area contributed by atoms with Gasteiger partial charge in [-0.05, 0) is 49.7 Å². The minimum Gasteiger partial charge on any atom is -0.483 e. The molecule has 0 N–H and O–H groups in total. The Hall–Kier alpha value is -1.57. The van der Waals surface area contributed by atoms with E-state index in [-0.39, 0.29) is 5.92 Å². The molecular formula is C19H22O2. The first-order chi connectivity index (χ1) is 10.3. The Morgan fingerprint density at radius 1 is 0.952 bits per heavy atom. The number of carbonyl (C=O) groups excluding carboxylic acids is 1. The van der Waals surface area contributed by atoms with E-state index in [0.717, 1.165) is 37.9 Å². The van der Waals surface area contributed by atoms with Crippen LogP contribution in [0.15, 0.2) is 41.7 Å². The predicted molar refractivity (Wildman–Crippen MR) is 82.0 cm³/mol. The summed E-state index contributed by atoms with van der Waals surface area (Å²) in [5.41, 5.74) is 2.11. The standard InChI is InChI=1S/C19H22O2/c20-17-12-6-7-13-19(17)18(14-8-2-1-3-9-14)15-10-4-5-11-16(15)21-19/h1-3,8-9,18H,4-7,10-13H2. The largest absolute Gasteiger partial charge is 0.483 e. The first-order valence-corrected chi connectivity index (χ1v) is 8.30. The van der Waals surface area contributed by atoms with Gasteiger partial charge in [-0.1, -0.05) is 30.3 Å². The van der Waals surface area contributed by atoms with Crippen LogP contribution in [0.25, 0.3) is 0 Å². The van der Waals surface area contributed by atoms with Crippen molar-refractivity contribution in [2.45, 2.75) is 62.9 Å². The maximum absolute atomic E-state index is 12.8. The van der Waals surface area contributed by atoms with Gasteiger partial charge in [-0.3, -0.25) is 4.79 Å². The van der Waals surface area contributed by atoms with Crippen LogP contribution in [0, 0.1) is 0 Å². The van der Waals surface area contributed by atoms with E-state index in [2.05, 4.69) is 24.3 Å². The average Bonchev–Trinajstić information content (AvgIpc) is 2.86. The Morgan fingerprint density at radius 3 is 2.52 bits per heavy atom. The first kappa shape index (κ1) is 13.1. The van der Waals surface area contributed by atoms with Gasteiger partial charge < -0.3 is 4.74 Å². The molecule has 3 aliphatic rings. The summed E-state index contributed by atoms with van der Waals surface area (Å²) in [6, 6.07) is 10.5. The van der Waals surface area contributed by atoms with Crippen LogP contribution < -0.4 is 0 Å². The lowest BCUT2D eigenvalue weighted by atomic mass is 9.69. The summed E-state index contributed by atoms with van der Waals surface area (Å²) in [5.74, 6) is 1.64. The molecular weight excluding hydrogens is 260 g/mol. The fourth-order valence-corrected chi connectivity index (χ4v) is 4.44. The van der Waals surface area contributed by atoms with Crippen LogP contribution >= 0.6 is 0 Å². The van der Waals surface area contributed by atoms with E-state index in [1.807, 2.05) is 6.07 Å². The number of Topliss-reactive ketones (excluding diaryl/α,β-unsaturated/α-hetero) is 1. The summed E-state index contributed by atoms with van der Waals surface area (Å²) in [6.07, 6.45) is 8.26. The number of hydrogen-bond donors (Lipinski definition) is 0. The highest BCUT2D eigenvalue weighted by Gasteiger charge is 2.55. The van der Waals surface area contributed by atoms with Gasteiger partial charge in [-0.25, -0.2) is 0 Å². The van der Waals surface area contributed by atoms with Gasteiger partial charge in [-0.2, -0.15) is 0 Å². The summed E-state index contributed by atoms with van der Waals surface area (Å²) in [6.45, 7) is 0. The SMILES string of the molecule is O=C1CCCCC12OC1=C(CCCC1)C2c1ccccc1. The van der Waals surface area contributed by atoms with Gasteiger partial charge in [0, 0.05) is 12.8 Å². The topological polar surface area (TPSA) is 26.3 Å². The summed E-state index contributed by atoms with van der Waals surface area (Å²) in [7, 11) is 0. The highest BCUT2D eigenvalue weighted by atomic mass is 16.5. The lowest BCUT2D eigenvalue weighted by molar-refractivity contribution is -0.142. The highest BCUT2D eigenvalue weighted by molar-refractivity contribution is 5.90. The molecule has 2 atom stereocenters. The molecule has 1 fully saturated rings. The highest BCUT2D eigenvalue weighted by Crippen LogP contribution is 2.54. The second kappa shape index (κ2) is 5.01. The lowest BCUT2D eigenvalue weighted by Crippen LogP contribution is -2.46. The fraction of sp³-hybridized carbons (Fsp3) is 0.526. The number of ketones is 1. The Kier molecular flexibility index (Phi) is 3.13. The molecule has 1 aromatic rings. The van der Waals surface area contributed by atoms with E-state index in [1.54, 1.807) is 0 Å². The molecule has 1 saturated carbocycles. The maximum Gasteiger partial charge on any atom is 0.177 e. The molecule has 2 heteroatoms. The number of ether oxygens (including phenoxy) is 1. The maximum atomic E-state index is 12.8. The summed E-state index contributed by atoms with van der Waals surface area (Å²) in [5, 5.41) is 0. The Labute approximate surface area is 126 Å². The van der Waals surface area contributed by atoms with Crippen molar-refractivity contribution in [1.29, 1.82) is 0 Å². The van der Waals surface area contributed by atoms with E-state index in [9.17, 15) is 4.79 Å². The van der Waals surface area contributed by atoms with Crippen LogP contribution in [0.3, 0.4) is 0 Å². The van der Waals surface area contributed by atoms with Gasteiger partial charge in [0.25, 0.3) is 0 Å². The smallest absolute Gasteiger partial charge is 0.177 e. The van der Waals surface area contributed by atoms with Gasteiger partial charge in [0.05, 0.1) is 11.7 Å². The summed E-state index contributed by atoms with van der Waals surface area (Å²) < 4.78 is 6.40. The van der Waals surface area contributed by atoms with E-state index in [1.165, 1.54) is 24.0 Å². The van der Waals surface area contributed by atoms with Gasteiger partial charge in [0.1, 0.15) is 0 Å². The Balaban J connectivity index is 1.83. The van der Waals surface area contributed by atoms with Gasteiger partial charge >= 0.3 is 0 Å². The molecule has 1 spiro atoms. The fourth-order valence-electron chi connectivity index (χ4n) is 4.44. The lowest BCUT2D eigenvalue weighted by Gasteiger charge is -2.37. The van der Waals surface area contributed by atoms with Gasteiger partial charge in [0.15, 0.2) is 11.4 Å². The Morgan fingerprint density at radius 2 is 1.71 bits per heavy atom. The van der Waals surface area contributed by atoms with Crippen LogP contribution in [0.2, 0.25) is 0 Å². The molecule has 21 heavy (non-hydrogen) atoms. The number of allylic oxidation sites excluding steroid dienone is 1. The second-order valence-electron chi connectivity index (χ2n) is 6.62. The van der Waals surface area contributed by atoms with Gasteiger partial charge in [-0.15, -0.1) is 0 Å². The van der Waals surface area contributed by atoms with E-state index >= 15 is 0 Å². The third-order valence-electron chi connectivity index (χ3n) is 5.39. The van der Waals surface area contributed by atoms with Crippen LogP contribution in [-0.2, 0) is 9.53 Å². The number of benzene rings is 1. The molecule has 110 valence electrons. The number of carbonyl (C=O) groups is 1. The van der Waals surface area contributed by atoms with Crippen LogP contribution in [0.4, 0.5) is 0 Å². The van der Waals surface area contributed by atoms with Crippen molar-refractivity contribution in [3.05, 3.63) is 47.2 Å². The molecule has 2 nitrogen and oxygen atoms in total.